The molecule has 1 aliphatic heterocycles. The molecule has 0 spiro atoms. The number of ether oxygens (including phenoxy) is 1. The number of hydrogen-bond acceptors (Lipinski definition) is 4. The van der Waals surface area contributed by atoms with Gasteiger partial charge in [-0.3, -0.25) is 4.90 Å². The Kier molecular flexibility index (Phi) is 5.84. The van der Waals surface area contributed by atoms with Crippen molar-refractivity contribution >= 4 is 0 Å². The average molecular weight is 283 g/mol. The largest absolute Gasteiger partial charge is 0.379 e. The first-order chi connectivity index (χ1) is 9.62. The number of likely N-dealkylation sites (N-methyl/N-ethyl adjacent to an activating group) is 1. The number of nitrogens with two attached hydrogens (primary N) is 1. The third-order valence-electron chi connectivity index (χ3n) is 5.69. The number of rotatable bonds is 5. The van der Waals surface area contributed by atoms with Gasteiger partial charge in [0.25, 0.3) is 0 Å². The molecule has 2 N–H and O–H groups in total. The second-order valence-electron chi connectivity index (χ2n) is 6.90. The van der Waals surface area contributed by atoms with Gasteiger partial charge in [0.1, 0.15) is 0 Å². The summed E-state index contributed by atoms with van der Waals surface area (Å²) in [5.74, 6) is 0.819. The minimum absolute atomic E-state index is 0.0658. The van der Waals surface area contributed by atoms with E-state index in [-0.39, 0.29) is 5.54 Å². The van der Waals surface area contributed by atoms with E-state index in [0.29, 0.717) is 12.6 Å². The lowest BCUT2D eigenvalue weighted by Crippen LogP contribution is -2.62. The Labute approximate surface area is 124 Å². The van der Waals surface area contributed by atoms with Crippen LogP contribution in [0.4, 0.5) is 0 Å². The maximum Gasteiger partial charge on any atom is 0.0767 e. The van der Waals surface area contributed by atoms with Crippen molar-refractivity contribution in [3.05, 3.63) is 0 Å². The molecule has 2 atom stereocenters. The lowest BCUT2D eigenvalue weighted by molar-refractivity contribution is -0.0718. The Morgan fingerprint density at radius 2 is 1.95 bits per heavy atom. The third-order valence-corrected chi connectivity index (χ3v) is 5.69. The van der Waals surface area contributed by atoms with Crippen molar-refractivity contribution in [1.29, 1.82) is 0 Å². The van der Waals surface area contributed by atoms with Gasteiger partial charge in [0.15, 0.2) is 0 Å². The molecule has 118 valence electrons. The second kappa shape index (κ2) is 7.21. The van der Waals surface area contributed by atoms with Gasteiger partial charge >= 0.3 is 0 Å². The highest BCUT2D eigenvalue weighted by atomic mass is 16.5. The minimum Gasteiger partial charge on any atom is -0.379 e. The molecule has 2 fully saturated rings. The maximum absolute atomic E-state index is 6.20. The van der Waals surface area contributed by atoms with Crippen LogP contribution in [0.1, 0.15) is 38.5 Å². The summed E-state index contributed by atoms with van der Waals surface area (Å²) in [5, 5.41) is 0. The highest BCUT2D eigenvalue weighted by Gasteiger charge is 2.43. The van der Waals surface area contributed by atoms with Gasteiger partial charge in [0, 0.05) is 20.2 Å². The number of piperidine rings is 1. The monoisotopic (exact) mass is 283 g/mol. The third kappa shape index (κ3) is 3.35. The van der Waals surface area contributed by atoms with Gasteiger partial charge in [-0.1, -0.05) is 12.8 Å². The van der Waals surface area contributed by atoms with E-state index in [1.54, 1.807) is 0 Å². The van der Waals surface area contributed by atoms with Gasteiger partial charge in [0.2, 0.25) is 0 Å². The summed E-state index contributed by atoms with van der Waals surface area (Å²) in [7, 11) is 6.34. The summed E-state index contributed by atoms with van der Waals surface area (Å²) in [6.07, 6.45) is 7.85. The summed E-state index contributed by atoms with van der Waals surface area (Å²) in [4.78, 5) is 4.98. The normalized spacial score (nSPS) is 33.8. The predicted octanol–water partition coefficient (Wildman–Crippen LogP) is 1.55. The van der Waals surface area contributed by atoms with Crippen molar-refractivity contribution in [1.82, 2.24) is 9.80 Å². The van der Waals surface area contributed by atoms with Gasteiger partial charge in [-0.2, -0.15) is 0 Å². The number of nitrogens with zero attached hydrogens (tertiary/aromatic N) is 2. The fraction of sp³-hybridized carbons (Fsp3) is 1.00. The molecule has 20 heavy (non-hydrogen) atoms. The van der Waals surface area contributed by atoms with Crippen molar-refractivity contribution < 1.29 is 4.74 Å². The van der Waals surface area contributed by atoms with Crippen molar-refractivity contribution in [3.8, 4) is 0 Å². The Morgan fingerprint density at radius 1 is 1.25 bits per heavy atom. The summed E-state index contributed by atoms with van der Waals surface area (Å²) in [6.45, 7) is 4.36. The van der Waals surface area contributed by atoms with Crippen molar-refractivity contribution in [2.24, 2.45) is 11.7 Å². The fourth-order valence-electron chi connectivity index (χ4n) is 4.17. The first kappa shape index (κ1) is 16.2. The van der Waals surface area contributed by atoms with Crippen LogP contribution in [-0.4, -0.2) is 68.8 Å². The molecule has 2 rings (SSSR count). The zero-order valence-electron chi connectivity index (χ0n) is 13.6. The van der Waals surface area contributed by atoms with Crippen LogP contribution < -0.4 is 5.73 Å². The quantitative estimate of drug-likeness (QED) is 0.831. The van der Waals surface area contributed by atoms with Crippen molar-refractivity contribution in [2.75, 3.05) is 47.4 Å². The molecular formula is C16H33N3O. The van der Waals surface area contributed by atoms with E-state index in [9.17, 15) is 0 Å². The minimum atomic E-state index is 0.0658. The van der Waals surface area contributed by atoms with E-state index in [1.165, 1.54) is 51.7 Å². The summed E-state index contributed by atoms with van der Waals surface area (Å²) >= 11 is 0. The van der Waals surface area contributed by atoms with Crippen molar-refractivity contribution in [3.63, 3.8) is 0 Å². The molecule has 4 nitrogen and oxygen atoms in total. The van der Waals surface area contributed by atoms with Gasteiger partial charge in [-0.05, 0) is 58.8 Å². The molecule has 1 aliphatic carbocycles. The zero-order valence-corrected chi connectivity index (χ0v) is 13.6. The fourth-order valence-corrected chi connectivity index (χ4v) is 4.17. The molecule has 0 aromatic rings. The van der Waals surface area contributed by atoms with Crippen LogP contribution in [-0.2, 0) is 4.74 Å². The Bertz CT molecular complexity index is 291. The van der Waals surface area contributed by atoms with E-state index in [0.717, 1.165) is 12.3 Å². The molecule has 0 aromatic carbocycles. The van der Waals surface area contributed by atoms with Crippen LogP contribution in [0.3, 0.4) is 0 Å². The van der Waals surface area contributed by atoms with Crippen LogP contribution in [0.15, 0.2) is 0 Å². The standard InChI is InChI=1S/C16H33N3O/c1-18-10-7-14(8-11-18)12-19(2)16(13-17)9-5-4-6-15(16)20-3/h14-15H,4-13,17H2,1-3H3. The number of likely N-dealkylation sites (tertiary alicyclic amines) is 1. The first-order valence-corrected chi connectivity index (χ1v) is 8.25. The molecule has 1 saturated carbocycles. The molecule has 0 aromatic heterocycles. The van der Waals surface area contributed by atoms with Crippen LogP contribution >= 0.6 is 0 Å². The molecule has 2 unspecified atom stereocenters. The predicted molar refractivity (Wildman–Crippen MR) is 83.9 cm³/mol. The molecular weight excluding hydrogens is 250 g/mol. The zero-order chi connectivity index (χ0) is 14.6. The first-order valence-electron chi connectivity index (χ1n) is 8.25. The van der Waals surface area contributed by atoms with Crippen LogP contribution in [0, 0.1) is 5.92 Å². The molecule has 4 heteroatoms. The molecule has 0 amide bonds. The topological polar surface area (TPSA) is 41.7 Å². The highest BCUT2D eigenvalue weighted by Crippen LogP contribution is 2.35. The molecule has 1 saturated heterocycles. The highest BCUT2D eigenvalue weighted by molar-refractivity contribution is 5.00. The van der Waals surface area contributed by atoms with Crippen LogP contribution in [0.5, 0.6) is 0 Å². The molecule has 0 bridgehead atoms. The van der Waals surface area contributed by atoms with Gasteiger partial charge in [-0.25, -0.2) is 0 Å². The van der Waals surface area contributed by atoms with Gasteiger partial charge in [0.05, 0.1) is 11.6 Å². The van der Waals surface area contributed by atoms with Gasteiger partial charge < -0.3 is 15.4 Å². The summed E-state index contributed by atoms with van der Waals surface area (Å²) < 4.78 is 5.80. The number of methoxy groups -OCH3 is 1. The second-order valence-corrected chi connectivity index (χ2v) is 6.90. The lowest BCUT2D eigenvalue weighted by atomic mass is 9.77. The maximum atomic E-state index is 6.20. The van der Waals surface area contributed by atoms with E-state index in [2.05, 4.69) is 23.9 Å². The van der Waals surface area contributed by atoms with E-state index in [1.807, 2.05) is 7.11 Å². The summed E-state index contributed by atoms with van der Waals surface area (Å²) in [6, 6.07) is 0. The summed E-state index contributed by atoms with van der Waals surface area (Å²) in [5.41, 5.74) is 6.27. The van der Waals surface area contributed by atoms with Gasteiger partial charge in [-0.15, -0.1) is 0 Å². The van der Waals surface area contributed by atoms with E-state index in [4.69, 9.17) is 10.5 Å². The van der Waals surface area contributed by atoms with E-state index >= 15 is 0 Å². The van der Waals surface area contributed by atoms with Crippen LogP contribution in [0.25, 0.3) is 0 Å². The molecule has 0 radical (unpaired) electrons. The average Bonchev–Trinajstić information content (AvgIpc) is 2.49. The van der Waals surface area contributed by atoms with E-state index < -0.39 is 0 Å². The van der Waals surface area contributed by atoms with Crippen LogP contribution in [0.2, 0.25) is 0 Å². The Hall–Kier alpha value is -0.160. The number of hydrogen-bond donors (Lipinski definition) is 1. The smallest absolute Gasteiger partial charge is 0.0767 e. The Morgan fingerprint density at radius 3 is 2.55 bits per heavy atom. The molecule has 2 aliphatic rings. The SMILES string of the molecule is COC1CCCCC1(CN)N(C)CC1CCN(C)CC1. The molecule has 1 heterocycles. The lowest BCUT2D eigenvalue weighted by Gasteiger charge is -2.50. The Balaban J connectivity index is 1.98. The van der Waals surface area contributed by atoms with Crippen molar-refractivity contribution in [2.45, 2.75) is 50.2 Å².